The van der Waals surface area contributed by atoms with Crippen LogP contribution in [0.3, 0.4) is 0 Å². The number of carbonyl (C=O) groups excluding carboxylic acids is 1. The minimum Gasteiger partial charge on any atom is -0.383 e. The first-order chi connectivity index (χ1) is 16.5. The van der Waals surface area contributed by atoms with Gasteiger partial charge in [-0.25, -0.2) is 9.97 Å². The average Bonchev–Trinajstić information content (AvgIpc) is 3.12. The molecule has 2 heterocycles. The lowest BCUT2D eigenvalue weighted by molar-refractivity contribution is 0.0953. The molecule has 2 aromatic heterocycles. The van der Waals surface area contributed by atoms with Crippen LogP contribution in [-0.2, 0) is 6.54 Å². The summed E-state index contributed by atoms with van der Waals surface area (Å²) in [4.78, 5) is 22.6. The second-order valence-electron chi connectivity index (χ2n) is 7.54. The number of benzene rings is 3. The van der Waals surface area contributed by atoms with Gasteiger partial charge in [0.15, 0.2) is 5.65 Å². The molecule has 5 rings (SSSR count). The van der Waals surface area contributed by atoms with E-state index in [9.17, 15) is 4.79 Å². The summed E-state index contributed by atoms with van der Waals surface area (Å²) >= 11 is 12.1. The van der Waals surface area contributed by atoms with E-state index >= 15 is 0 Å². The summed E-state index contributed by atoms with van der Waals surface area (Å²) in [7, 11) is 0. The molecule has 0 radical (unpaired) electrons. The highest BCUT2D eigenvalue weighted by atomic mass is 35.5. The van der Waals surface area contributed by atoms with Gasteiger partial charge in [0.25, 0.3) is 5.91 Å². The molecule has 7 nitrogen and oxygen atoms in total. The molecule has 0 unspecified atom stereocenters. The Morgan fingerprint density at radius 1 is 0.971 bits per heavy atom. The van der Waals surface area contributed by atoms with Gasteiger partial charge < -0.3 is 11.1 Å². The van der Waals surface area contributed by atoms with E-state index in [2.05, 4.69) is 20.4 Å². The highest BCUT2D eigenvalue weighted by molar-refractivity contribution is 6.42. The third-order valence-electron chi connectivity index (χ3n) is 5.26. The summed E-state index contributed by atoms with van der Waals surface area (Å²) in [5, 5.41) is 8.25. The molecule has 1 amide bonds. The van der Waals surface area contributed by atoms with Crippen LogP contribution in [0.2, 0.25) is 10.0 Å². The zero-order chi connectivity index (χ0) is 23.7. The number of nitrogens with zero attached hydrogens (tertiary/aromatic N) is 4. The van der Waals surface area contributed by atoms with Gasteiger partial charge in [0.2, 0.25) is 0 Å². The first kappa shape index (κ1) is 21.9. The number of nitrogen functional groups attached to an aromatic ring is 1. The number of hydrogen-bond donors (Lipinski definition) is 2. The molecule has 0 aliphatic heterocycles. The Kier molecular flexibility index (Phi) is 5.88. The zero-order valence-electron chi connectivity index (χ0n) is 17.7. The third-order valence-corrected chi connectivity index (χ3v) is 6.00. The lowest BCUT2D eigenvalue weighted by Crippen LogP contribution is -2.23. The van der Waals surface area contributed by atoms with Crippen molar-refractivity contribution in [2.75, 3.05) is 5.73 Å². The highest BCUT2D eigenvalue weighted by Gasteiger charge is 2.24. The van der Waals surface area contributed by atoms with E-state index in [1.54, 1.807) is 24.4 Å². The Balaban J connectivity index is 1.60. The fourth-order valence-electron chi connectivity index (χ4n) is 3.57. The van der Waals surface area contributed by atoms with Crippen molar-refractivity contribution >= 4 is 63.3 Å². The van der Waals surface area contributed by atoms with E-state index < -0.39 is 0 Å². The average molecular weight is 489 g/mol. The molecule has 9 heteroatoms. The molecule has 0 aliphatic rings. The summed E-state index contributed by atoms with van der Waals surface area (Å²) < 4.78 is 1.41. The fraction of sp³-hybridized carbons (Fsp3) is 0.0400. The summed E-state index contributed by atoms with van der Waals surface area (Å²) in [6.45, 7) is 0.347. The Hall–Kier alpha value is -3.94. The van der Waals surface area contributed by atoms with Crippen molar-refractivity contribution in [3.63, 3.8) is 0 Å². The maximum absolute atomic E-state index is 13.2. The van der Waals surface area contributed by atoms with E-state index in [1.807, 2.05) is 54.6 Å². The molecule has 0 saturated carbocycles. The maximum atomic E-state index is 13.2. The van der Waals surface area contributed by atoms with Crippen LogP contribution in [0.5, 0.6) is 0 Å². The SMILES string of the molecule is Nc1c(C(=O)NCc2ccccc2)c2nc3ccccc3nc2n1N=Cc1ccc(Cl)c(Cl)c1. The zero-order valence-corrected chi connectivity index (χ0v) is 19.3. The number of rotatable bonds is 5. The van der Waals surface area contributed by atoms with Gasteiger partial charge in [-0.05, 0) is 35.4 Å². The van der Waals surface area contributed by atoms with Crippen LogP contribution in [0.15, 0.2) is 77.9 Å². The van der Waals surface area contributed by atoms with Crippen LogP contribution >= 0.6 is 23.2 Å². The summed E-state index contributed by atoms with van der Waals surface area (Å²) in [5.74, 6) is -0.230. The van der Waals surface area contributed by atoms with Crippen molar-refractivity contribution in [3.05, 3.63) is 99.5 Å². The molecule has 0 spiro atoms. The van der Waals surface area contributed by atoms with Gasteiger partial charge in [-0.2, -0.15) is 9.78 Å². The second kappa shape index (κ2) is 9.13. The summed E-state index contributed by atoms with van der Waals surface area (Å²) in [5.41, 5.74) is 10.4. The van der Waals surface area contributed by atoms with Crippen molar-refractivity contribution in [3.8, 4) is 0 Å². The van der Waals surface area contributed by atoms with E-state index in [1.165, 1.54) is 4.68 Å². The third kappa shape index (κ3) is 4.19. The van der Waals surface area contributed by atoms with Crippen LogP contribution in [-0.4, -0.2) is 26.8 Å². The van der Waals surface area contributed by atoms with Crippen LogP contribution in [0.25, 0.3) is 22.2 Å². The number of hydrogen-bond acceptors (Lipinski definition) is 5. The van der Waals surface area contributed by atoms with Crippen molar-refractivity contribution in [1.82, 2.24) is 20.0 Å². The first-order valence-electron chi connectivity index (χ1n) is 10.4. The molecule has 0 bridgehead atoms. The van der Waals surface area contributed by atoms with E-state index in [4.69, 9.17) is 28.9 Å². The van der Waals surface area contributed by atoms with Gasteiger partial charge in [-0.15, -0.1) is 0 Å². The number of anilines is 1. The largest absolute Gasteiger partial charge is 0.383 e. The Bertz CT molecular complexity index is 1560. The van der Waals surface area contributed by atoms with Gasteiger partial charge in [-0.1, -0.05) is 71.7 Å². The lowest BCUT2D eigenvalue weighted by Gasteiger charge is -2.05. The molecule has 3 N–H and O–H groups in total. The van der Waals surface area contributed by atoms with Crippen LogP contribution < -0.4 is 11.1 Å². The minimum atomic E-state index is -0.362. The monoisotopic (exact) mass is 488 g/mol. The van der Waals surface area contributed by atoms with Crippen LogP contribution in [0.4, 0.5) is 5.82 Å². The van der Waals surface area contributed by atoms with Gasteiger partial charge in [0.05, 0.1) is 27.3 Å². The fourth-order valence-corrected chi connectivity index (χ4v) is 3.88. The number of amides is 1. The number of fused-ring (bicyclic) bond motifs is 2. The molecular formula is C25H18Cl2N6O. The summed E-state index contributed by atoms with van der Waals surface area (Å²) in [6, 6.07) is 22.1. The Morgan fingerprint density at radius 3 is 2.41 bits per heavy atom. The quantitative estimate of drug-likeness (QED) is 0.328. The van der Waals surface area contributed by atoms with Gasteiger partial charge in [0.1, 0.15) is 16.9 Å². The topological polar surface area (TPSA) is 98.2 Å². The number of para-hydroxylation sites is 2. The minimum absolute atomic E-state index is 0.132. The first-order valence-corrected chi connectivity index (χ1v) is 11.1. The van der Waals surface area contributed by atoms with Crippen molar-refractivity contribution < 1.29 is 4.79 Å². The second-order valence-corrected chi connectivity index (χ2v) is 8.36. The molecule has 0 atom stereocenters. The predicted molar refractivity (Wildman–Crippen MR) is 137 cm³/mol. The van der Waals surface area contributed by atoms with Crippen molar-refractivity contribution in [1.29, 1.82) is 0 Å². The smallest absolute Gasteiger partial charge is 0.257 e. The molecule has 0 fully saturated rings. The standard InChI is InChI=1S/C25H18Cl2N6O/c26-17-11-10-16(12-18(17)27)14-30-33-23(28)21(25(34)29-13-15-6-2-1-3-7-15)22-24(33)32-20-9-5-4-8-19(20)31-22/h1-12,14H,13,28H2,(H,29,34). The molecule has 0 saturated heterocycles. The van der Waals surface area contributed by atoms with E-state index in [0.29, 0.717) is 44.4 Å². The van der Waals surface area contributed by atoms with Crippen molar-refractivity contribution in [2.45, 2.75) is 6.54 Å². The van der Waals surface area contributed by atoms with E-state index in [0.717, 1.165) is 5.56 Å². The van der Waals surface area contributed by atoms with Gasteiger partial charge in [-0.3, -0.25) is 4.79 Å². The predicted octanol–water partition coefficient (Wildman–Crippen LogP) is 5.29. The number of carbonyl (C=O) groups is 1. The normalized spacial score (nSPS) is 11.5. The van der Waals surface area contributed by atoms with Crippen molar-refractivity contribution in [2.24, 2.45) is 5.10 Å². The van der Waals surface area contributed by atoms with Crippen LogP contribution in [0, 0.1) is 0 Å². The number of nitrogens with two attached hydrogens (primary N) is 1. The molecule has 3 aromatic carbocycles. The maximum Gasteiger partial charge on any atom is 0.257 e. The highest BCUT2D eigenvalue weighted by Crippen LogP contribution is 2.28. The summed E-state index contributed by atoms with van der Waals surface area (Å²) in [6.07, 6.45) is 1.57. The molecular weight excluding hydrogens is 471 g/mol. The molecule has 0 aliphatic carbocycles. The van der Waals surface area contributed by atoms with Gasteiger partial charge in [0, 0.05) is 6.54 Å². The number of nitrogens with one attached hydrogen (secondary N) is 1. The Morgan fingerprint density at radius 2 is 1.68 bits per heavy atom. The number of halogens is 2. The number of aromatic nitrogens is 3. The lowest BCUT2D eigenvalue weighted by atomic mass is 10.2. The van der Waals surface area contributed by atoms with Crippen LogP contribution in [0.1, 0.15) is 21.5 Å². The molecule has 5 aromatic rings. The molecule has 34 heavy (non-hydrogen) atoms. The van der Waals surface area contributed by atoms with Gasteiger partial charge >= 0.3 is 0 Å². The molecule has 168 valence electrons. The Labute approximate surface area is 204 Å². The van der Waals surface area contributed by atoms with E-state index in [-0.39, 0.29) is 17.3 Å².